The Balaban J connectivity index is 1.96. The first-order chi connectivity index (χ1) is 9.69. The van der Waals surface area contributed by atoms with Crippen LogP contribution in [0.4, 0.5) is 5.69 Å². The number of benzene rings is 2. The normalized spacial score (nSPS) is 10.6. The molecule has 0 saturated carbocycles. The van der Waals surface area contributed by atoms with E-state index in [0.717, 1.165) is 24.0 Å². The van der Waals surface area contributed by atoms with E-state index < -0.39 is 0 Å². The molecule has 4 heteroatoms. The third-order valence-electron chi connectivity index (χ3n) is 3.27. The third-order valence-corrected chi connectivity index (χ3v) is 3.27. The van der Waals surface area contributed by atoms with Gasteiger partial charge < -0.3 is 5.11 Å². The zero-order valence-electron chi connectivity index (χ0n) is 11.2. The van der Waals surface area contributed by atoms with Gasteiger partial charge in [0, 0.05) is 6.61 Å². The smallest absolute Gasteiger partial charge is 0.0945 e. The van der Waals surface area contributed by atoms with E-state index in [4.69, 9.17) is 15.5 Å². The molecule has 0 aliphatic carbocycles. The van der Waals surface area contributed by atoms with Crippen molar-refractivity contribution in [2.45, 2.75) is 19.3 Å². The summed E-state index contributed by atoms with van der Waals surface area (Å²) in [6, 6.07) is 15.4. The fourth-order valence-corrected chi connectivity index (χ4v) is 2.13. The molecule has 20 heavy (non-hydrogen) atoms. The Labute approximate surface area is 118 Å². The molecule has 2 aromatic rings. The average Bonchev–Trinajstić information content (AvgIpc) is 2.47. The van der Waals surface area contributed by atoms with Gasteiger partial charge in [-0.25, -0.2) is 0 Å². The van der Waals surface area contributed by atoms with Gasteiger partial charge in [0.05, 0.1) is 5.69 Å². The van der Waals surface area contributed by atoms with Crippen molar-refractivity contribution in [2.24, 2.45) is 0 Å². The van der Waals surface area contributed by atoms with Gasteiger partial charge in [0.2, 0.25) is 0 Å². The lowest BCUT2D eigenvalue weighted by molar-refractivity contribution is 0.0291. The predicted molar refractivity (Wildman–Crippen MR) is 77.1 cm³/mol. The van der Waals surface area contributed by atoms with Gasteiger partial charge in [-0.05, 0) is 48.1 Å². The van der Waals surface area contributed by atoms with E-state index in [1.807, 2.05) is 18.2 Å². The Morgan fingerprint density at radius 1 is 0.750 bits per heavy atom. The van der Waals surface area contributed by atoms with Crippen LogP contribution in [0.25, 0.3) is 0 Å². The number of aryl methyl sites for hydroxylation is 2. The molecule has 0 fully saturated rings. The van der Waals surface area contributed by atoms with E-state index in [-0.39, 0.29) is 11.8 Å². The van der Waals surface area contributed by atoms with Crippen LogP contribution < -0.4 is 5.23 Å². The topological polar surface area (TPSA) is 63.9 Å². The Kier molecular flexibility index (Phi) is 5.12. The van der Waals surface area contributed by atoms with Gasteiger partial charge in [-0.15, -0.1) is 5.23 Å². The van der Waals surface area contributed by atoms with E-state index >= 15 is 0 Å². The summed E-state index contributed by atoms with van der Waals surface area (Å²) < 4.78 is 0. The number of rotatable bonds is 6. The van der Waals surface area contributed by atoms with Crippen molar-refractivity contribution < 1.29 is 15.5 Å². The van der Waals surface area contributed by atoms with Crippen LogP contribution in [-0.2, 0) is 19.3 Å². The van der Waals surface area contributed by atoms with Crippen molar-refractivity contribution in [3.05, 3.63) is 65.2 Å². The summed E-state index contributed by atoms with van der Waals surface area (Å²) in [4.78, 5) is 0. The highest BCUT2D eigenvalue weighted by Crippen LogP contribution is 2.15. The molecule has 0 aliphatic rings. The quantitative estimate of drug-likeness (QED) is 0.708. The third kappa shape index (κ3) is 4.06. The van der Waals surface area contributed by atoms with Gasteiger partial charge in [0.25, 0.3) is 0 Å². The lowest BCUT2D eigenvalue weighted by atomic mass is 10.0. The van der Waals surface area contributed by atoms with E-state index in [0.29, 0.717) is 12.1 Å². The van der Waals surface area contributed by atoms with Crippen molar-refractivity contribution in [1.82, 2.24) is 0 Å². The highest BCUT2D eigenvalue weighted by atomic mass is 16.8. The second-order valence-corrected chi connectivity index (χ2v) is 4.75. The maximum atomic E-state index is 8.98. The Morgan fingerprint density at radius 3 is 1.95 bits per heavy atom. The Bertz CT molecular complexity index is 538. The van der Waals surface area contributed by atoms with Gasteiger partial charge >= 0.3 is 0 Å². The van der Waals surface area contributed by atoms with Crippen molar-refractivity contribution >= 4 is 5.69 Å². The van der Waals surface area contributed by atoms with Gasteiger partial charge in [0.1, 0.15) is 0 Å². The summed E-state index contributed by atoms with van der Waals surface area (Å²) in [5, 5.41) is 27.0. The SMILES string of the molecule is OCCc1ccc(CCc2cccc(N(O)O)c2)cc1. The summed E-state index contributed by atoms with van der Waals surface area (Å²) in [6.07, 6.45) is 2.41. The number of hydrogen-bond acceptors (Lipinski definition) is 4. The first-order valence-corrected chi connectivity index (χ1v) is 6.64. The van der Waals surface area contributed by atoms with Crippen molar-refractivity contribution in [3.63, 3.8) is 0 Å². The molecular formula is C16H19NO3. The monoisotopic (exact) mass is 273 g/mol. The molecule has 3 N–H and O–H groups in total. The van der Waals surface area contributed by atoms with Gasteiger partial charge in [-0.1, -0.05) is 36.4 Å². The molecule has 106 valence electrons. The molecule has 4 nitrogen and oxygen atoms in total. The molecule has 0 amide bonds. The molecule has 0 aliphatic heterocycles. The second-order valence-electron chi connectivity index (χ2n) is 4.75. The molecule has 0 spiro atoms. The van der Waals surface area contributed by atoms with Crippen LogP contribution in [0.15, 0.2) is 48.5 Å². The maximum absolute atomic E-state index is 8.98. The van der Waals surface area contributed by atoms with Crippen LogP contribution in [-0.4, -0.2) is 22.1 Å². The number of anilines is 1. The molecule has 0 atom stereocenters. The highest BCUT2D eigenvalue weighted by Gasteiger charge is 2.01. The zero-order valence-corrected chi connectivity index (χ0v) is 11.2. The lowest BCUT2D eigenvalue weighted by Gasteiger charge is -2.09. The Hall–Kier alpha value is -1.88. The number of aliphatic hydroxyl groups excluding tert-OH is 1. The van der Waals surface area contributed by atoms with E-state index in [9.17, 15) is 0 Å². The molecular weight excluding hydrogens is 254 g/mol. The molecule has 2 aromatic carbocycles. The minimum absolute atomic E-state index is 0.132. The van der Waals surface area contributed by atoms with Gasteiger partial charge in [-0.2, -0.15) is 0 Å². The number of aliphatic hydroxyl groups is 1. The fourth-order valence-electron chi connectivity index (χ4n) is 2.13. The van der Waals surface area contributed by atoms with E-state index in [1.165, 1.54) is 5.56 Å². The molecule has 0 heterocycles. The molecule has 0 aromatic heterocycles. The van der Waals surface area contributed by atoms with Crippen LogP contribution in [0.2, 0.25) is 0 Å². The van der Waals surface area contributed by atoms with Gasteiger partial charge in [-0.3, -0.25) is 10.4 Å². The molecule has 0 radical (unpaired) electrons. The second kappa shape index (κ2) is 7.05. The summed E-state index contributed by atoms with van der Waals surface area (Å²) in [5.41, 5.74) is 3.77. The average molecular weight is 273 g/mol. The largest absolute Gasteiger partial charge is 0.396 e. The molecule has 0 bridgehead atoms. The predicted octanol–water partition coefficient (Wildman–Crippen LogP) is 2.59. The van der Waals surface area contributed by atoms with Gasteiger partial charge in [0.15, 0.2) is 0 Å². The van der Waals surface area contributed by atoms with E-state index in [1.54, 1.807) is 18.2 Å². The standard InChI is InChI=1S/C16H19NO3/c18-11-10-14-6-4-13(5-7-14)8-9-15-2-1-3-16(12-15)17(19)20/h1-7,12,18-20H,8-11H2. The summed E-state index contributed by atoms with van der Waals surface area (Å²) in [6.45, 7) is 0.172. The molecule has 0 unspecified atom stereocenters. The lowest BCUT2D eigenvalue weighted by Crippen LogP contribution is -2.11. The first kappa shape index (κ1) is 14.5. The van der Waals surface area contributed by atoms with E-state index in [2.05, 4.69) is 12.1 Å². The van der Waals surface area contributed by atoms with Crippen LogP contribution in [0.3, 0.4) is 0 Å². The zero-order chi connectivity index (χ0) is 14.4. The minimum atomic E-state index is 0.132. The summed E-state index contributed by atoms with van der Waals surface area (Å²) in [7, 11) is 0. The van der Waals surface area contributed by atoms with Crippen molar-refractivity contribution in [2.75, 3.05) is 11.8 Å². The fraction of sp³-hybridized carbons (Fsp3) is 0.250. The van der Waals surface area contributed by atoms with Crippen LogP contribution >= 0.6 is 0 Å². The highest BCUT2D eigenvalue weighted by molar-refractivity contribution is 5.44. The number of nitrogens with zero attached hydrogens (tertiary/aromatic N) is 1. The maximum Gasteiger partial charge on any atom is 0.0945 e. The van der Waals surface area contributed by atoms with Crippen molar-refractivity contribution in [1.29, 1.82) is 0 Å². The summed E-state index contributed by atoms with van der Waals surface area (Å²) >= 11 is 0. The molecule has 2 rings (SSSR count). The first-order valence-electron chi connectivity index (χ1n) is 6.64. The van der Waals surface area contributed by atoms with Crippen LogP contribution in [0.1, 0.15) is 16.7 Å². The summed E-state index contributed by atoms with van der Waals surface area (Å²) in [5.74, 6) is 0. The Morgan fingerprint density at radius 2 is 1.35 bits per heavy atom. The van der Waals surface area contributed by atoms with Crippen LogP contribution in [0, 0.1) is 0 Å². The van der Waals surface area contributed by atoms with Crippen molar-refractivity contribution in [3.8, 4) is 0 Å². The molecule has 0 saturated heterocycles. The number of hydrogen-bond donors (Lipinski definition) is 3. The van der Waals surface area contributed by atoms with Crippen LogP contribution in [0.5, 0.6) is 0 Å². The minimum Gasteiger partial charge on any atom is -0.396 e.